The summed E-state index contributed by atoms with van der Waals surface area (Å²) in [4.78, 5) is 17.8. The average Bonchev–Trinajstić information content (AvgIpc) is 3.09. The van der Waals surface area contributed by atoms with E-state index >= 15 is 0 Å². The molecule has 3 aromatic heterocycles. The van der Waals surface area contributed by atoms with E-state index in [0.29, 0.717) is 12.5 Å². The zero-order chi connectivity index (χ0) is 21.5. The zero-order valence-corrected chi connectivity index (χ0v) is 19.8. The molecule has 0 radical (unpaired) electrons. The quantitative estimate of drug-likeness (QED) is 0.574. The lowest BCUT2D eigenvalue weighted by atomic mass is 9.87. The van der Waals surface area contributed by atoms with E-state index in [4.69, 9.17) is 14.7 Å². The van der Waals surface area contributed by atoms with Gasteiger partial charge in [-0.1, -0.05) is 27.7 Å². The SMILES string of the molecule is CCN(CC)CCNc1ncnc2c1sc1nc(C(C)C)c3c(c12)CC(C)(C)OC3. The fourth-order valence-electron chi connectivity index (χ4n) is 4.31. The first-order valence-electron chi connectivity index (χ1n) is 11.0. The number of aromatic nitrogens is 3. The van der Waals surface area contributed by atoms with E-state index in [1.165, 1.54) is 16.5 Å². The largest absolute Gasteiger partial charge is 0.370 e. The highest BCUT2D eigenvalue weighted by molar-refractivity contribution is 7.26. The number of rotatable bonds is 7. The van der Waals surface area contributed by atoms with Crippen LogP contribution in [0.1, 0.15) is 64.3 Å². The molecule has 4 heterocycles. The minimum atomic E-state index is -0.179. The summed E-state index contributed by atoms with van der Waals surface area (Å²) in [6, 6.07) is 0. The first-order chi connectivity index (χ1) is 14.3. The fourth-order valence-corrected chi connectivity index (χ4v) is 5.44. The van der Waals surface area contributed by atoms with Crippen LogP contribution in [0.4, 0.5) is 5.82 Å². The van der Waals surface area contributed by atoms with Gasteiger partial charge in [0.15, 0.2) is 0 Å². The summed E-state index contributed by atoms with van der Waals surface area (Å²) < 4.78 is 7.26. The summed E-state index contributed by atoms with van der Waals surface area (Å²) in [6.45, 7) is 17.8. The van der Waals surface area contributed by atoms with Gasteiger partial charge in [0.25, 0.3) is 0 Å². The maximum absolute atomic E-state index is 6.15. The van der Waals surface area contributed by atoms with Gasteiger partial charge in [-0.2, -0.15) is 0 Å². The number of hydrogen-bond acceptors (Lipinski definition) is 7. The van der Waals surface area contributed by atoms with Crippen molar-refractivity contribution in [3.8, 4) is 0 Å². The second kappa shape index (κ2) is 8.36. The Kier molecular flexibility index (Phi) is 5.97. The van der Waals surface area contributed by atoms with Crippen LogP contribution < -0.4 is 5.32 Å². The van der Waals surface area contributed by atoms with Crippen molar-refractivity contribution in [2.45, 2.75) is 66.1 Å². The normalized spacial score (nSPS) is 16.0. The van der Waals surface area contributed by atoms with E-state index < -0.39 is 0 Å². The monoisotopic (exact) mass is 427 g/mol. The minimum Gasteiger partial charge on any atom is -0.370 e. The Balaban J connectivity index is 1.81. The van der Waals surface area contributed by atoms with Crippen LogP contribution in [0.25, 0.3) is 20.4 Å². The molecular formula is C23H33N5OS. The van der Waals surface area contributed by atoms with Crippen LogP contribution in [-0.2, 0) is 17.8 Å². The zero-order valence-electron chi connectivity index (χ0n) is 19.0. The average molecular weight is 428 g/mol. The maximum Gasteiger partial charge on any atom is 0.147 e. The van der Waals surface area contributed by atoms with Crippen molar-refractivity contribution in [2.75, 3.05) is 31.5 Å². The Labute approximate surface area is 183 Å². The molecule has 0 bridgehead atoms. The summed E-state index contributed by atoms with van der Waals surface area (Å²) in [5.74, 6) is 1.28. The van der Waals surface area contributed by atoms with Crippen molar-refractivity contribution in [2.24, 2.45) is 0 Å². The smallest absolute Gasteiger partial charge is 0.147 e. The van der Waals surface area contributed by atoms with E-state index in [2.05, 4.69) is 56.7 Å². The van der Waals surface area contributed by atoms with Crippen LogP contribution in [0, 0.1) is 0 Å². The first kappa shape index (κ1) is 21.4. The van der Waals surface area contributed by atoms with Crippen molar-refractivity contribution < 1.29 is 4.74 Å². The standard InChI is InChI=1S/C23H33N5OS/c1-7-28(8-2)10-9-24-21-20-19(25-13-26-21)17-15-11-23(5,6)29-12-16(15)18(14(3)4)27-22(17)30-20/h13-14H,7-12H2,1-6H3,(H,24,25,26). The Morgan fingerprint density at radius 3 is 2.67 bits per heavy atom. The number of likely N-dealkylation sites (N-methyl/N-ethyl adjacent to an activating group) is 1. The van der Waals surface area contributed by atoms with Crippen LogP contribution in [0.3, 0.4) is 0 Å². The molecule has 162 valence electrons. The predicted molar refractivity (Wildman–Crippen MR) is 126 cm³/mol. The van der Waals surface area contributed by atoms with E-state index in [0.717, 1.165) is 59.2 Å². The molecule has 0 saturated heterocycles. The summed E-state index contributed by atoms with van der Waals surface area (Å²) in [7, 11) is 0. The lowest BCUT2D eigenvalue weighted by molar-refractivity contribution is -0.0402. The second-order valence-electron chi connectivity index (χ2n) is 8.97. The van der Waals surface area contributed by atoms with Crippen LogP contribution in [-0.4, -0.2) is 51.6 Å². The van der Waals surface area contributed by atoms with E-state index in [1.807, 2.05) is 0 Å². The van der Waals surface area contributed by atoms with Gasteiger partial charge in [0, 0.05) is 30.5 Å². The predicted octanol–water partition coefficient (Wildman–Crippen LogP) is 4.97. The lowest BCUT2D eigenvalue weighted by Gasteiger charge is -2.33. The Morgan fingerprint density at radius 2 is 1.97 bits per heavy atom. The topological polar surface area (TPSA) is 63.2 Å². The second-order valence-corrected chi connectivity index (χ2v) is 9.97. The molecule has 0 spiro atoms. The number of ether oxygens (including phenoxy) is 1. The number of nitrogens with zero attached hydrogens (tertiary/aromatic N) is 4. The van der Waals surface area contributed by atoms with Crippen molar-refractivity contribution in [1.29, 1.82) is 0 Å². The Bertz CT molecular complexity index is 1050. The number of thiophene rings is 1. The van der Waals surface area contributed by atoms with Gasteiger partial charge in [0.05, 0.1) is 28.1 Å². The lowest BCUT2D eigenvalue weighted by Crippen LogP contribution is -2.32. The summed E-state index contributed by atoms with van der Waals surface area (Å²) >= 11 is 1.71. The Hall–Kier alpha value is -1.83. The van der Waals surface area contributed by atoms with Gasteiger partial charge in [-0.25, -0.2) is 15.0 Å². The van der Waals surface area contributed by atoms with Crippen molar-refractivity contribution in [3.63, 3.8) is 0 Å². The number of hydrogen-bond donors (Lipinski definition) is 1. The molecule has 3 aromatic rings. The van der Waals surface area contributed by atoms with Gasteiger partial charge in [0.2, 0.25) is 0 Å². The summed E-state index contributed by atoms with van der Waals surface area (Å²) in [5.41, 5.74) is 4.61. The van der Waals surface area contributed by atoms with Gasteiger partial charge in [-0.15, -0.1) is 11.3 Å². The van der Waals surface area contributed by atoms with Gasteiger partial charge in [-0.3, -0.25) is 0 Å². The number of anilines is 1. The van der Waals surface area contributed by atoms with E-state index in [-0.39, 0.29) is 5.60 Å². The maximum atomic E-state index is 6.15. The molecule has 0 unspecified atom stereocenters. The molecular weight excluding hydrogens is 394 g/mol. The highest BCUT2D eigenvalue weighted by atomic mass is 32.1. The number of nitrogens with one attached hydrogen (secondary N) is 1. The van der Waals surface area contributed by atoms with Gasteiger partial charge < -0.3 is 15.0 Å². The first-order valence-corrected chi connectivity index (χ1v) is 11.8. The van der Waals surface area contributed by atoms with Crippen molar-refractivity contribution in [1.82, 2.24) is 19.9 Å². The molecule has 6 nitrogen and oxygen atoms in total. The molecule has 7 heteroatoms. The van der Waals surface area contributed by atoms with Crippen molar-refractivity contribution >= 4 is 37.6 Å². The molecule has 0 aliphatic carbocycles. The number of fused-ring (bicyclic) bond motifs is 5. The fraction of sp³-hybridized carbons (Fsp3) is 0.609. The summed E-state index contributed by atoms with van der Waals surface area (Å²) in [6.07, 6.45) is 2.56. The van der Waals surface area contributed by atoms with Crippen molar-refractivity contribution in [3.05, 3.63) is 23.1 Å². The molecule has 0 aromatic carbocycles. The minimum absolute atomic E-state index is 0.179. The van der Waals surface area contributed by atoms with Gasteiger partial charge in [0.1, 0.15) is 17.0 Å². The molecule has 0 fully saturated rings. The molecule has 1 aliphatic rings. The highest BCUT2D eigenvalue weighted by Crippen LogP contribution is 2.43. The third kappa shape index (κ3) is 3.90. The summed E-state index contributed by atoms with van der Waals surface area (Å²) in [5, 5.41) is 4.74. The van der Waals surface area contributed by atoms with Gasteiger partial charge in [-0.05, 0) is 38.4 Å². The van der Waals surface area contributed by atoms with Crippen LogP contribution >= 0.6 is 11.3 Å². The highest BCUT2D eigenvalue weighted by Gasteiger charge is 2.32. The number of pyridine rings is 1. The molecule has 0 amide bonds. The molecule has 1 aliphatic heterocycles. The Morgan fingerprint density at radius 1 is 1.20 bits per heavy atom. The van der Waals surface area contributed by atoms with Crippen LogP contribution in [0.2, 0.25) is 0 Å². The molecule has 1 N–H and O–H groups in total. The molecule has 4 rings (SSSR count). The van der Waals surface area contributed by atoms with E-state index in [1.54, 1.807) is 17.7 Å². The molecule has 0 atom stereocenters. The third-order valence-corrected chi connectivity index (χ3v) is 7.10. The third-order valence-electron chi connectivity index (χ3n) is 6.02. The van der Waals surface area contributed by atoms with Gasteiger partial charge >= 0.3 is 0 Å². The van der Waals surface area contributed by atoms with Crippen LogP contribution in [0.15, 0.2) is 6.33 Å². The van der Waals surface area contributed by atoms with E-state index in [9.17, 15) is 0 Å². The molecule has 30 heavy (non-hydrogen) atoms. The molecule has 0 saturated carbocycles. The van der Waals surface area contributed by atoms with Crippen LogP contribution in [0.5, 0.6) is 0 Å².